The first-order valence-corrected chi connectivity index (χ1v) is 11.2. The van der Waals surface area contributed by atoms with Crippen LogP contribution in [0.25, 0.3) is 17.0 Å². The van der Waals surface area contributed by atoms with E-state index in [2.05, 4.69) is 37.6 Å². The number of allylic oxidation sites excluding steroid dienone is 2. The number of imidazole rings is 1. The molecule has 158 valence electrons. The van der Waals surface area contributed by atoms with Gasteiger partial charge in [0, 0.05) is 22.2 Å². The molecule has 0 fully saturated rings. The van der Waals surface area contributed by atoms with Gasteiger partial charge < -0.3 is 10.1 Å². The lowest BCUT2D eigenvalue weighted by molar-refractivity contribution is -0.0925. The number of halogens is 4. The third kappa shape index (κ3) is 4.80. The minimum Gasteiger partial charge on any atom is -0.395 e. The molecular weight excluding hydrogens is 534 g/mol. The van der Waals surface area contributed by atoms with Crippen LogP contribution in [0.4, 0.5) is 18.9 Å². The van der Waals surface area contributed by atoms with Crippen molar-refractivity contribution in [1.82, 2.24) is 14.4 Å². The van der Waals surface area contributed by atoms with E-state index in [-0.39, 0.29) is 22.0 Å². The molecule has 0 radical (unpaired) electrons. The predicted octanol–water partition coefficient (Wildman–Crippen LogP) is 3.90. The predicted molar refractivity (Wildman–Crippen MR) is 115 cm³/mol. The number of pyridine rings is 2. The lowest BCUT2D eigenvalue weighted by atomic mass is 10.3. The fraction of sp³-hybridized carbons (Fsp3) is 0.167. The van der Waals surface area contributed by atoms with Crippen LogP contribution in [-0.2, 0) is 9.84 Å². The van der Waals surface area contributed by atoms with Gasteiger partial charge in [0.1, 0.15) is 22.7 Å². The Kier molecular flexibility index (Phi) is 6.17. The summed E-state index contributed by atoms with van der Waals surface area (Å²) in [4.78, 5) is 12.3. The standard InChI is InChI=1S/C18H15F3IN5O2S/c1-2-30(28,29)14-8-12(24-5-3-15(23)18(19,20)21)9-25-17(14)13-10-27-6-4-11(22)7-16(27)26-13/h3-10H,2,23H2,1H3. The maximum atomic E-state index is 12.6. The van der Waals surface area contributed by atoms with Crippen LogP contribution in [-0.4, -0.2) is 40.9 Å². The highest BCUT2D eigenvalue weighted by atomic mass is 127. The van der Waals surface area contributed by atoms with Crippen molar-refractivity contribution in [1.29, 1.82) is 0 Å². The number of nitrogens with zero attached hydrogens (tertiary/aromatic N) is 4. The number of nitrogens with two attached hydrogens (primary N) is 1. The summed E-state index contributed by atoms with van der Waals surface area (Å²) >= 11 is 2.14. The van der Waals surface area contributed by atoms with E-state index < -0.39 is 21.7 Å². The highest BCUT2D eigenvalue weighted by Gasteiger charge is 2.30. The molecule has 7 nitrogen and oxygen atoms in total. The van der Waals surface area contributed by atoms with Gasteiger partial charge in [-0.15, -0.1) is 0 Å². The van der Waals surface area contributed by atoms with Crippen LogP contribution in [0.2, 0.25) is 0 Å². The van der Waals surface area contributed by atoms with Gasteiger partial charge in [-0.25, -0.2) is 13.4 Å². The summed E-state index contributed by atoms with van der Waals surface area (Å²) in [6, 6.07) is 4.95. The molecular formula is C18H15F3IN5O2S. The molecule has 2 N–H and O–H groups in total. The molecule has 0 aliphatic rings. The monoisotopic (exact) mass is 549 g/mol. The zero-order valence-electron chi connectivity index (χ0n) is 15.4. The summed E-state index contributed by atoms with van der Waals surface area (Å²) in [5.74, 6) is -0.193. The summed E-state index contributed by atoms with van der Waals surface area (Å²) in [6.45, 7) is 1.48. The minimum absolute atomic E-state index is 0.0651. The van der Waals surface area contributed by atoms with Gasteiger partial charge in [0.05, 0.1) is 22.5 Å². The molecule has 3 rings (SSSR count). The van der Waals surface area contributed by atoms with Crippen molar-refractivity contribution < 1.29 is 21.6 Å². The Hall–Kier alpha value is -2.48. The van der Waals surface area contributed by atoms with E-state index in [1.165, 1.54) is 19.2 Å². The smallest absolute Gasteiger partial charge is 0.395 e. The van der Waals surface area contributed by atoms with Crippen molar-refractivity contribution in [2.24, 2.45) is 10.7 Å². The third-order valence-corrected chi connectivity index (χ3v) is 6.44. The second-order valence-corrected chi connectivity index (χ2v) is 9.57. The molecule has 0 atom stereocenters. The van der Waals surface area contributed by atoms with E-state index in [9.17, 15) is 21.6 Å². The molecule has 0 aliphatic carbocycles. The SMILES string of the molecule is CCS(=O)(=O)c1cc(N=CC=C(N)C(F)(F)F)cnc1-c1cn2ccc(I)cc2n1. The van der Waals surface area contributed by atoms with Gasteiger partial charge in [0.2, 0.25) is 0 Å². The van der Waals surface area contributed by atoms with Gasteiger partial charge in [-0.3, -0.25) is 9.98 Å². The molecule has 12 heteroatoms. The van der Waals surface area contributed by atoms with Crippen molar-refractivity contribution in [3.8, 4) is 11.4 Å². The van der Waals surface area contributed by atoms with Gasteiger partial charge in [-0.2, -0.15) is 13.2 Å². The number of hydrogen-bond donors (Lipinski definition) is 1. The molecule has 0 unspecified atom stereocenters. The molecule has 0 spiro atoms. The van der Waals surface area contributed by atoms with Crippen molar-refractivity contribution in [2.75, 3.05) is 5.75 Å². The van der Waals surface area contributed by atoms with E-state index in [0.29, 0.717) is 17.4 Å². The quantitative estimate of drug-likeness (QED) is 0.384. The van der Waals surface area contributed by atoms with Crippen molar-refractivity contribution >= 4 is 50.0 Å². The molecule has 0 saturated heterocycles. The highest BCUT2D eigenvalue weighted by Crippen LogP contribution is 2.29. The van der Waals surface area contributed by atoms with Gasteiger partial charge in [0.15, 0.2) is 9.84 Å². The fourth-order valence-electron chi connectivity index (χ4n) is 2.46. The van der Waals surface area contributed by atoms with Gasteiger partial charge in [0.25, 0.3) is 0 Å². The van der Waals surface area contributed by atoms with Crippen molar-refractivity contribution in [3.63, 3.8) is 0 Å². The van der Waals surface area contributed by atoms with Gasteiger partial charge >= 0.3 is 6.18 Å². The molecule has 0 saturated carbocycles. The zero-order valence-corrected chi connectivity index (χ0v) is 18.4. The first-order valence-electron chi connectivity index (χ1n) is 8.45. The maximum absolute atomic E-state index is 12.6. The Morgan fingerprint density at radius 2 is 2.10 bits per heavy atom. The maximum Gasteiger partial charge on any atom is 0.430 e. The molecule has 3 heterocycles. The lowest BCUT2D eigenvalue weighted by Gasteiger charge is -2.07. The van der Waals surface area contributed by atoms with Crippen LogP contribution < -0.4 is 5.73 Å². The number of hydrogen-bond acceptors (Lipinski definition) is 6. The van der Waals surface area contributed by atoms with Crippen LogP contribution in [0.1, 0.15) is 6.92 Å². The first kappa shape index (κ1) is 22.2. The number of alkyl halides is 3. The molecule has 3 aromatic heterocycles. The summed E-state index contributed by atoms with van der Waals surface area (Å²) in [7, 11) is -3.72. The summed E-state index contributed by atoms with van der Waals surface area (Å²) in [6.07, 6.45) is 1.45. The Morgan fingerprint density at radius 3 is 2.77 bits per heavy atom. The molecule has 30 heavy (non-hydrogen) atoms. The molecule has 0 aromatic carbocycles. The van der Waals surface area contributed by atoms with E-state index in [1.807, 2.05) is 12.1 Å². The van der Waals surface area contributed by atoms with Crippen molar-refractivity contribution in [2.45, 2.75) is 18.0 Å². The largest absolute Gasteiger partial charge is 0.430 e. The number of rotatable bonds is 5. The molecule has 3 aromatic rings. The number of fused-ring (bicyclic) bond motifs is 1. The summed E-state index contributed by atoms with van der Waals surface area (Å²) in [5, 5.41) is 0. The van der Waals surface area contributed by atoms with Gasteiger partial charge in [-0.05, 0) is 46.9 Å². The van der Waals surface area contributed by atoms with Crippen LogP contribution in [0.3, 0.4) is 0 Å². The second-order valence-electron chi connectivity index (χ2n) is 6.08. The van der Waals surface area contributed by atoms with E-state index in [4.69, 9.17) is 5.73 Å². The molecule has 0 bridgehead atoms. The number of aliphatic imine (C=N–C) groups is 1. The lowest BCUT2D eigenvalue weighted by Crippen LogP contribution is -2.19. The Bertz CT molecular complexity index is 1270. The van der Waals surface area contributed by atoms with Crippen LogP contribution in [0, 0.1) is 3.57 Å². The summed E-state index contributed by atoms with van der Waals surface area (Å²) in [5.41, 5.74) is 4.75. The Labute approximate surface area is 183 Å². The fourth-order valence-corrected chi connectivity index (χ4v) is 3.96. The zero-order chi connectivity index (χ0) is 22.1. The molecule has 0 amide bonds. The topological polar surface area (TPSA) is 103 Å². The van der Waals surface area contributed by atoms with E-state index in [1.54, 1.807) is 16.8 Å². The number of sulfone groups is 1. The molecule has 0 aliphatic heterocycles. The van der Waals surface area contributed by atoms with Crippen molar-refractivity contribution in [3.05, 3.63) is 52.1 Å². The van der Waals surface area contributed by atoms with Gasteiger partial charge in [-0.1, -0.05) is 6.92 Å². The van der Waals surface area contributed by atoms with Crippen LogP contribution >= 0.6 is 22.6 Å². The highest BCUT2D eigenvalue weighted by molar-refractivity contribution is 14.1. The normalized spacial score (nSPS) is 13.4. The second kappa shape index (κ2) is 8.34. The summed E-state index contributed by atoms with van der Waals surface area (Å²) < 4.78 is 65.3. The Morgan fingerprint density at radius 1 is 1.37 bits per heavy atom. The first-order chi connectivity index (χ1) is 14.0. The van der Waals surface area contributed by atoms with E-state index in [0.717, 1.165) is 9.78 Å². The average molecular weight is 549 g/mol. The third-order valence-electron chi connectivity index (χ3n) is 4.02. The average Bonchev–Trinajstić information content (AvgIpc) is 3.10. The number of aromatic nitrogens is 3. The Balaban J connectivity index is 2.08. The van der Waals surface area contributed by atoms with E-state index >= 15 is 0 Å². The minimum atomic E-state index is -4.67. The van der Waals surface area contributed by atoms with Crippen LogP contribution in [0.5, 0.6) is 0 Å². The van der Waals surface area contributed by atoms with Crippen LogP contribution in [0.15, 0.2) is 58.5 Å².